The van der Waals surface area contributed by atoms with Crippen LogP contribution in [0.4, 0.5) is 15.6 Å². The summed E-state index contributed by atoms with van der Waals surface area (Å²) in [5.41, 5.74) is 2.89. The quantitative estimate of drug-likeness (QED) is 0.656. The third-order valence-electron chi connectivity index (χ3n) is 5.30. The molecular weight excluding hydrogens is 416 g/mol. The molecule has 0 saturated carbocycles. The predicted molar refractivity (Wildman–Crippen MR) is 117 cm³/mol. The van der Waals surface area contributed by atoms with E-state index >= 15 is 0 Å². The van der Waals surface area contributed by atoms with Crippen molar-refractivity contribution in [3.8, 4) is 11.5 Å². The Morgan fingerprint density at radius 1 is 1.16 bits per heavy atom. The molecular formula is C22H20N4O4S. The number of aromatic nitrogens is 1. The van der Waals surface area contributed by atoms with Gasteiger partial charge in [-0.25, -0.2) is 9.78 Å². The van der Waals surface area contributed by atoms with Gasteiger partial charge < -0.3 is 19.7 Å². The molecule has 0 radical (unpaired) electrons. The van der Waals surface area contributed by atoms with Crippen molar-refractivity contribution in [3.63, 3.8) is 0 Å². The van der Waals surface area contributed by atoms with E-state index in [4.69, 9.17) is 9.47 Å². The second kappa shape index (κ2) is 7.92. The van der Waals surface area contributed by atoms with Gasteiger partial charge in [-0.15, -0.1) is 0 Å². The molecule has 3 amide bonds. The molecule has 9 heteroatoms. The number of nitrogens with zero attached hydrogens (tertiary/aromatic N) is 3. The number of anilines is 2. The number of nitrogens with one attached hydrogen (secondary N) is 1. The lowest BCUT2D eigenvalue weighted by Crippen LogP contribution is -2.31. The zero-order valence-corrected chi connectivity index (χ0v) is 17.6. The molecule has 2 aliphatic heterocycles. The topological polar surface area (TPSA) is 84.0 Å². The standard InChI is InChI=1S/C22H20N4O4S/c1-14-4-2-3-5-15(14)12-25-8-9-26(22(25)28)21-23-11-19(31-21)20(27)24-16-6-7-17-18(10-16)30-13-29-17/h2-7,10-11H,8-9,12-13H2,1H3,(H,24,27). The first-order valence-electron chi connectivity index (χ1n) is 9.86. The summed E-state index contributed by atoms with van der Waals surface area (Å²) in [6, 6.07) is 13.2. The molecule has 31 heavy (non-hydrogen) atoms. The van der Waals surface area contributed by atoms with Crippen LogP contribution in [0.15, 0.2) is 48.7 Å². The SMILES string of the molecule is Cc1ccccc1CN1CCN(c2ncc(C(=O)Nc3ccc4c(c3)OCO4)s2)C1=O. The van der Waals surface area contributed by atoms with Gasteiger partial charge in [-0.1, -0.05) is 35.6 Å². The highest BCUT2D eigenvalue weighted by molar-refractivity contribution is 7.17. The molecule has 0 spiro atoms. The van der Waals surface area contributed by atoms with E-state index in [1.165, 1.54) is 17.5 Å². The monoisotopic (exact) mass is 436 g/mol. The summed E-state index contributed by atoms with van der Waals surface area (Å²) in [6.45, 7) is 3.94. The lowest BCUT2D eigenvalue weighted by atomic mass is 10.1. The van der Waals surface area contributed by atoms with Gasteiger partial charge in [-0.2, -0.15) is 0 Å². The predicted octanol–water partition coefficient (Wildman–Crippen LogP) is 3.87. The average Bonchev–Trinajstić information content (AvgIpc) is 3.50. The van der Waals surface area contributed by atoms with Crippen molar-refractivity contribution in [1.82, 2.24) is 9.88 Å². The Morgan fingerprint density at radius 3 is 2.87 bits per heavy atom. The Hall–Kier alpha value is -3.59. The average molecular weight is 436 g/mol. The number of hydrogen-bond donors (Lipinski definition) is 1. The molecule has 158 valence electrons. The maximum Gasteiger partial charge on any atom is 0.326 e. The van der Waals surface area contributed by atoms with Gasteiger partial charge in [0.2, 0.25) is 6.79 Å². The van der Waals surface area contributed by atoms with Crippen LogP contribution in [0.1, 0.15) is 20.8 Å². The Balaban J connectivity index is 1.25. The fourth-order valence-corrected chi connectivity index (χ4v) is 4.39. The molecule has 1 N–H and O–H groups in total. The summed E-state index contributed by atoms with van der Waals surface area (Å²) < 4.78 is 10.6. The first-order valence-corrected chi connectivity index (χ1v) is 10.7. The molecule has 3 aromatic rings. The number of ether oxygens (including phenoxy) is 2. The van der Waals surface area contributed by atoms with Gasteiger partial charge in [0.1, 0.15) is 4.88 Å². The number of carbonyl (C=O) groups is 2. The minimum absolute atomic E-state index is 0.0969. The highest BCUT2D eigenvalue weighted by Gasteiger charge is 2.32. The first-order chi connectivity index (χ1) is 15.1. The van der Waals surface area contributed by atoms with Gasteiger partial charge in [0.25, 0.3) is 5.91 Å². The lowest BCUT2D eigenvalue weighted by molar-refractivity contribution is 0.103. The Morgan fingerprint density at radius 2 is 2.00 bits per heavy atom. The smallest absolute Gasteiger partial charge is 0.326 e. The number of amides is 3. The molecule has 3 heterocycles. The zero-order valence-electron chi connectivity index (χ0n) is 16.8. The summed E-state index contributed by atoms with van der Waals surface area (Å²) >= 11 is 1.20. The number of thiazole rings is 1. The maximum atomic E-state index is 12.9. The number of urea groups is 1. The molecule has 0 atom stereocenters. The van der Waals surface area contributed by atoms with Crippen LogP contribution in [0.25, 0.3) is 0 Å². The fraction of sp³-hybridized carbons (Fsp3) is 0.227. The molecule has 1 saturated heterocycles. The van der Waals surface area contributed by atoms with Gasteiger partial charge in [0, 0.05) is 31.4 Å². The van der Waals surface area contributed by atoms with Gasteiger partial charge >= 0.3 is 6.03 Å². The van der Waals surface area contributed by atoms with Crippen LogP contribution in [0, 0.1) is 6.92 Å². The molecule has 0 unspecified atom stereocenters. The molecule has 1 aromatic heterocycles. The Labute approximate surface area is 183 Å². The lowest BCUT2D eigenvalue weighted by Gasteiger charge is -2.18. The van der Waals surface area contributed by atoms with Gasteiger partial charge in [0.15, 0.2) is 16.6 Å². The van der Waals surface area contributed by atoms with Crippen molar-refractivity contribution >= 4 is 34.1 Å². The summed E-state index contributed by atoms with van der Waals surface area (Å²) in [5.74, 6) is 0.964. The summed E-state index contributed by atoms with van der Waals surface area (Å²) in [6.07, 6.45) is 1.50. The van der Waals surface area contributed by atoms with Crippen molar-refractivity contribution in [2.45, 2.75) is 13.5 Å². The van der Waals surface area contributed by atoms with Gasteiger partial charge in [0.05, 0.1) is 6.20 Å². The van der Waals surface area contributed by atoms with E-state index in [-0.39, 0.29) is 18.7 Å². The van der Waals surface area contributed by atoms with Crippen LogP contribution in [-0.4, -0.2) is 41.7 Å². The minimum atomic E-state index is -0.286. The summed E-state index contributed by atoms with van der Waals surface area (Å²) in [4.78, 5) is 33.7. The van der Waals surface area contributed by atoms with Crippen LogP contribution in [0.2, 0.25) is 0 Å². The molecule has 8 nitrogen and oxygen atoms in total. The molecule has 5 rings (SSSR count). The highest BCUT2D eigenvalue weighted by Crippen LogP contribution is 2.34. The summed E-state index contributed by atoms with van der Waals surface area (Å²) in [7, 11) is 0. The van der Waals surface area contributed by atoms with Crippen molar-refractivity contribution in [2.24, 2.45) is 0 Å². The van der Waals surface area contributed by atoms with E-state index in [9.17, 15) is 9.59 Å². The number of benzene rings is 2. The third-order valence-corrected chi connectivity index (χ3v) is 6.32. The van der Waals surface area contributed by atoms with E-state index < -0.39 is 0 Å². The van der Waals surface area contributed by atoms with Gasteiger partial charge in [-0.05, 0) is 30.2 Å². The Bertz CT molecular complexity index is 1160. The number of aryl methyl sites for hydroxylation is 1. The fourth-order valence-electron chi connectivity index (χ4n) is 3.56. The molecule has 2 aromatic carbocycles. The van der Waals surface area contributed by atoms with E-state index in [1.54, 1.807) is 28.0 Å². The zero-order chi connectivity index (χ0) is 21.4. The molecule has 1 fully saturated rings. The molecule has 0 bridgehead atoms. The molecule has 0 aliphatic carbocycles. The maximum absolute atomic E-state index is 12.9. The van der Waals surface area contributed by atoms with E-state index in [0.717, 1.165) is 11.1 Å². The van der Waals surface area contributed by atoms with Gasteiger partial charge in [-0.3, -0.25) is 9.69 Å². The first kappa shape index (κ1) is 19.4. The van der Waals surface area contributed by atoms with Crippen LogP contribution in [-0.2, 0) is 6.54 Å². The third kappa shape index (κ3) is 3.79. The van der Waals surface area contributed by atoms with Crippen LogP contribution >= 0.6 is 11.3 Å². The number of hydrogen-bond acceptors (Lipinski definition) is 6. The number of rotatable bonds is 5. The van der Waals surface area contributed by atoms with Crippen LogP contribution in [0.5, 0.6) is 11.5 Å². The second-order valence-electron chi connectivity index (χ2n) is 7.31. The largest absolute Gasteiger partial charge is 0.454 e. The number of fused-ring (bicyclic) bond motifs is 1. The van der Waals surface area contributed by atoms with Crippen LogP contribution < -0.4 is 19.7 Å². The summed E-state index contributed by atoms with van der Waals surface area (Å²) in [5, 5.41) is 3.35. The van der Waals surface area contributed by atoms with E-state index in [0.29, 0.717) is 46.8 Å². The van der Waals surface area contributed by atoms with Crippen LogP contribution in [0.3, 0.4) is 0 Å². The van der Waals surface area contributed by atoms with E-state index in [2.05, 4.69) is 10.3 Å². The van der Waals surface area contributed by atoms with E-state index in [1.807, 2.05) is 31.2 Å². The molecule has 2 aliphatic rings. The number of carbonyl (C=O) groups excluding carboxylic acids is 2. The second-order valence-corrected chi connectivity index (χ2v) is 8.32. The van der Waals surface area contributed by atoms with Crippen molar-refractivity contribution in [3.05, 3.63) is 64.7 Å². The van der Waals surface area contributed by atoms with Crippen molar-refractivity contribution in [2.75, 3.05) is 30.1 Å². The minimum Gasteiger partial charge on any atom is -0.454 e. The van der Waals surface area contributed by atoms with Crippen molar-refractivity contribution in [1.29, 1.82) is 0 Å². The van der Waals surface area contributed by atoms with Crippen molar-refractivity contribution < 1.29 is 19.1 Å². The highest BCUT2D eigenvalue weighted by atomic mass is 32.1. The normalized spacial score (nSPS) is 14.9. The Kier molecular flexibility index (Phi) is 4.95.